The molecule has 3 N–H and O–H groups in total. The Bertz CT molecular complexity index is 122. The molecule has 0 aromatic rings. The Morgan fingerprint density at radius 2 is 2.25 bits per heavy atom. The van der Waals surface area contributed by atoms with Gasteiger partial charge in [-0.05, 0) is 0 Å². The van der Waals surface area contributed by atoms with Gasteiger partial charge >= 0.3 is 0 Å². The van der Waals surface area contributed by atoms with Crippen molar-refractivity contribution in [1.29, 1.82) is 0 Å². The number of ether oxygens (including phenoxy) is 2. The van der Waals surface area contributed by atoms with Crippen molar-refractivity contribution < 1.29 is 19.4 Å². The molecular weight excluding hydrogens is 182 g/mol. The summed E-state index contributed by atoms with van der Waals surface area (Å²) in [5.41, 5.74) is 5.15. The second-order valence-electron chi connectivity index (χ2n) is 1.83. The molecular formula is C6H13NO4S. The summed E-state index contributed by atoms with van der Waals surface area (Å²) < 4.78 is 9.27. The van der Waals surface area contributed by atoms with Gasteiger partial charge in [-0.3, -0.25) is 4.79 Å². The van der Waals surface area contributed by atoms with Gasteiger partial charge in [-0.2, -0.15) is 0 Å². The van der Waals surface area contributed by atoms with E-state index in [0.717, 1.165) is 11.8 Å². The standard InChI is InChI=1S/C6H13NO4S/c7-2-1-6(9)12-5-11-4-10-3-8/h8H,1-5,7H2. The molecule has 5 nitrogen and oxygen atoms in total. The molecule has 72 valence electrons. The predicted molar refractivity (Wildman–Crippen MR) is 45.3 cm³/mol. The largest absolute Gasteiger partial charge is 0.371 e. The van der Waals surface area contributed by atoms with Crippen LogP contribution in [0.2, 0.25) is 0 Å². The Kier molecular flexibility index (Phi) is 8.85. The average Bonchev–Trinajstić information content (AvgIpc) is 2.05. The molecule has 0 atom stereocenters. The molecule has 0 radical (unpaired) electrons. The molecule has 0 aromatic carbocycles. The minimum absolute atomic E-state index is 0.000590. The number of hydrogen-bond donors (Lipinski definition) is 2. The van der Waals surface area contributed by atoms with Crippen LogP contribution in [0.1, 0.15) is 6.42 Å². The Hall–Kier alpha value is -0.140. The lowest BCUT2D eigenvalue weighted by Crippen LogP contribution is -2.06. The van der Waals surface area contributed by atoms with Crippen LogP contribution < -0.4 is 5.73 Å². The van der Waals surface area contributed by atoms with Crippen molar-refractivity contribution in [2.45, 2.75) is 6.42 Å². The lowest BCUT2D eigenvalue weighted by atomic mass is 10.5. The van der Waals surface area contributed by atoms with Crippen molar-refractivity contribution in [3.8, 4) is 0 Å². The van der Waals surface area contributed by atoms with E-state index in [1.165, 1.54) is 0 Å². The van der Waals surface area contributed by atoms with Crippen LogP contribution in [0.15, 0.2) is 0 Å². The van der Waals surface area contributed by atoms with Gasteiger partial charge in [-0.15, -0.1) is 0 Å². The number of rotatable bonds is 7. The van der Waals surface area contributed by atoms with Crippen LogP contribution in [-0.4, -0.2) is 36.3 Å². The summed E-state index contributed by atoms with van der Waals surface area (Å²) >= 11 is 1.05. The topological polar surface area (TPSA) is 81.8 Å². The van der Waals surface area contributed by atoms with E-state index in [1.54, 1.807) is 0 Å². The SMILES string of the molecule is NCCC(=O)SCOCOCO. The van der Waals surface area contributed by atoms with Gasteiger partial charge in [-0.25, -0.2) is 0 Å². The number of nitrogens with two attached hydrogens (primary N) is 1. The quantitative estimate of drug-likeness (QED) is 0.421. The highest BCUT2D eigenvalue weighted by atomic mass is 32.2. The smallest absolute Gasteiger partial charge is 0.192 e. The van der Waals surface area contributed by atoms with Crippen molar-refractivity contribution in [3.05, 3.63) is 0 Å². The maximum Gasteiger partial charge on any atom is 0.192 e. The fraction of sp³-hybridized carbons (Fsp3) is 0.833. The van der Waals surface area contributed by atoms with Crippen molar-refractivity contribution in [3.63, 3.8) is 0 Å². The minimum atomic E-state index is -0.374. The number of aliphatic hydroxyl groups is 1. The molecule has 0 heterocycles. The molecule has 0 aliphatic heterocycles. The van der Waals surface area contributed by atoms with E-state index in [-0.39, 0.29) is 24.6 Å². The number of thioether (sulfide) groups is 1. The Morgan fingerprint density at radius 3 is 2.83 bits per heavy atom. The first-order chi connectivity index (χ1) is 5.81. The molecule has 12 heavy (non-hydrogen) atoms. The molecule has 0 amide bonds. The summed E-state index contributed by atoms with van der Waals surface area (Å²) in [5, 5.41) is 8.17. The molecule has 0 rings (SSSR count). The molecule has 0 aliphatic rings. The van der Waals surface area contributed by atoms with Crippen LogP contribution in [0.4, 0.5) is 0 Å². The average molecular weight is 195 g/mol. The van der Waals surface area contributed by atoms with Gasteiger partial charge in [0, 0.05) is 13.0 Å². The fourth-order valence-electron chi connectivity index (χ4n) is 0.428. The van der Waals surface area contributed by atoms with E-state index in [1.807, 2.05) is 0 Å². The van der Waals surface area contributed by atoms with Gasteiger partial charge < -0.3 is 20.3 Å². The highest BCUT2D eigenvalue weighted by molar-refractivity contribution is 8.13. The van der Waals surface area contributed by atoms with Gasteiger partial charge in [0.1, 0.15) is 12.7 Å². The highest BCUT2D eigenvalue weighted by Gasteiger charge is 1.99. The zero-order valence-corrected chi connectivity index (χ0v) is 7.51. The zero-order chi connectivity index (χ0) is 9.23. The van der Waals surface area contributed by atoms with Crippen LogP contribution >= 0.6 is 11.8 Å². The first-order valence-corrected chi connectivity index (χ1v) is 4.42. The van der Waals surface area contributed by atoms with Gasteiger partial charge in [-0.1, -0.05) is 11.8 Å². The van der Waals surface area contributed by atoms with Crippen molar-refractivity contribution in [2.75, 3.05) is 26.1 Å². The summed E-state index contributed by atoms with van der Waals surface area (Å²) in [6.07, 6.45) is 0.356. The second-order valence-corrected chi connectivity index (χ2v) is 2.81. The van der Waals surface area contributed by atoms with E-state index in [4.69, 9.17) is 15.6 Å². The number of carbonyl (C=O) groups excluding carboxylic acids is 1. The van der Waals surface area contributed by atoms with Gasteiger partial charge in [0.25, 0.3) is 0 Å². The first kappa shape index (κ1) is 11.9. The van der Waals surface area contributed by atoms with Crippen LogP contribution in [0.25, 0.3) is 0 Å². The zero-order valence-electron chi connectivity index (χ0n) is 6.69. The maximum absolute atomic E-state index is 10.8. The minimum Gasteiger partial charge on any atom is -0.371 e. The van der Waals surface area contributed by atoms with Crippen molar-refractivity contribution >= 4 is 16.9 Å². The summed E-state index contributed by atoms with van der Waals surface area (Å²) in [7, 11) is 0. The molecule has 6 heteroatoms. The van der Waals surface area contributed by atoms with Crippen molar-refractivity contribution in [2.24, 2.45) is 5.73 Å². The molecule has 0 saturated heterocycles. The van der Waals surface area contributed by atoms with E-state index in [2.05, 4.69) is 4.74 Å². The molecule has 0 fully saturated rings. The van der Waals surface area contributed by atoms with Crippen molar-refractivity contribution in [1.82, 2.24) is 0 Å². The van der Waals surface area contributed by atoms with E-state index in [0.29, 0.717) is 13.0 Å². The summed E-state index contributed by atoms with van der Waals surface area (Å²) in [6.45, 7) is -0.0141. The van der Waals surface area contributed by atoms with Crippen LogP contribution in [-0.2, 0) is 14.3 Å². The number of aliphatic hydroxyl groups excluding tert-OH is 1. The molecule has 0 bridgehead atoms. The van der Waals surface area contributed by atoms with E-state index >= 15 is 0 Å². The lowest BCUT2D eigenvalue weighted by Gasteiger charge is -2.01. The third-order valence-electron chi connectivity index (χ3n) is 0.910. The molecule has 0 aliphatic carbocycles. The van der Waals surface area contributed by atoms with Gasteiger partial charge in [0.15, 0.2) is 11.9 Å². The lowest BCUT2D eigenvalue weighted by molar-refractivity contribution is -0.111. The van der Waals surface area contributed by atoms with E-state index in [9.17, 15) is 4.79 Å². The summed E-state index contributed by atoms with van der Waals surface area (Å²) in [6, 6.07) is 0. The molecule has 0 saturated carbocycles. The monoisotopic (exact) mass is 195 g/mol. The summed E-state index contributed by atoms with van der Waals surface area (Å²) in [5.74, 6) is 0.235. The fourth-order valence-corrected chi connectivity index (χ4v) is 0.973. The third kappa shape index (κ3) is 7.96. The van der Waals surface area contributed by atoms with Gasteiger partial charge in [0.2, 0.25) is 0 Å². The van der Waals surface area contributed by atoms with E-state index < -0.39 is 0 Å². The predicted octanol–water partition coefficient (Wildman–Crippen LogP) is -0.507. The normalized spacial score (nSPS) is 10.2. The third-order valence-corrected chi connectivity index (χ3v) is 1.72. The first-order valence-electron chi connectivity index (χ1n) is 3.43. The van der Waals surface area contributed by atoms with Crippen LogP contribution in [0, 0.1) is 0 Å². The molecule has 0 unspecified atom stereocenters. The molecule has 0 spiro atoms. The Balaban J connectivity index is 3.03. The number of hydrogen-bond acceptors (Lipinski definition) is 6. The Morgan fingerprint density at radius 1 is 1.50 bits per heavy atom. The molecule has 0 aromatic heterocycles. The number of carbonyl (C=O) groups is 1. The second kappa shape index (κ2) is 8.95. The van der Waals surface area contributed by atoms with Crippen LogP contribution in [0.3, 0.4) is 0 Å². The highest BCUT2D eigenvalue weighted by Crippen LogP contribution is 2.04. The Labute approximate surface area is 75.2 Å². The maximum atomic E-state index is 10.8. The van der Waals surface area contributed by atoms with Gasteiger partial charge in [0.05, 0.1) is 0 Å². The van der Waals surface area contributed by atoms with Crippen LogP contribution in [0.5, 0.6) is 0 Å². The summed E-state index contributed by atoms with van der Waals surface area (Å²) in [4.78, 5) is 10.8.